The molecule has 24 heavy (non-hydrogen) atoms. The van der Waals surface area contributed by atoms with Crippen LogP contribution in [0.15, 0.2) is 16.3 Å². The third kappa shape index (κ3) is 4.90. The van der Waals surface area contributed by atoms with Crippen molar-refractivity contribution in [3.8, 4) is 0 Å². The zero-order chi connectivity index (χ0) is 18.0. The quantitative estimate of drug-likeness (QED) is 0.663. The predicted molar refractivity (Wildman–Crippen MR) is 96.6 cm³/mol. The van der Waals surface area contributed by atoms with Gasteiger partial charge in [0.05, 0.1) is 10.1 Å². The molecule has 1 fully saturated rings. The molecule has 0 aromatic carbocycles. The predicted octanol–water partition coefficient (Wildman–Crippen LogP) is 0.989. The number of nitrogens with zero attached hydrogens (tertiary/aromatic N) is 3. The first-order valence-corrected chi connectivity index (χ1v) is 11.8. The molecule has 0 amide bonds. The second kappa shape index (κ2) is 7.98. The lowest BCUT2D eigenvalue weighted by atomic mass is 10.3. The maximum Gasteiger partial charge on any atom is 0.252 e. The fourth-order valence-electron chi connectivity index (χ4n) is 2.41. The smallest absolute Gasteiger partial charge is 0.252 e. The molecule has 1 aliphatic heterocycles. The Hall–Kier alpha value is -0.230. The van der Waals surface area contributed by atoms with Gasteiger partial charge >= 0.3 is 0 Å². The van der Waals surface area contributed by atoms with Gasteiger partial charge in [0.25, 0.3) is 10.0 Å². The van der Waals surface area contributed by atoms with Crippen LogP contribution in [0.1, 0.15) is 6.42 Å². The van der Waals surface area contributed by atoms with E-state index in [9.17, 15) is 16.8 Å². The average molecular weight is 416 g/mol. The zero-order valence-corrected chi connectivity index (χ0v) is 16.9. The highest BCUT2D eigenvalue weighted by Crippen LogP contribution is 2.28. The van der Waals surface area contributed by atoms with Crippen LogP contribution < -0.4 is 0 Å². The first-order valence-electron chi connectivity index (χ1n) is 7.51. The van der Waals surface area contributed by atoms with E-state index in [0.717, 1.165) is 11.3 Å². The molecule has 0 saturated carbocycles. The highest BCUT2D eigenvalue weighted by atomic mass is 35.5. The van der Waals surface area contributed by atoms with Gasteiger partial charge in [0.1, 0.15) is 4.21 Å². The average Bonchev–Trinajstić information content (AvgIpc) is 2.95. The largest absolute Gasteiger partial charge is 0.301 e. The van der Waals surface area contributed by atoms with Gasteiger partial charge < -0.3 is 4.90 Å². The Labute approximate surface area is 152 Å². The SMILES string of the molecule is CN(C)S(=O)(=O)CCCN1CCN(S(=O)(=O)c2ccc(Cl)s2)CC1. The van der Waals surface area contributed by atoms with E-state index >= 15 is 0 Å². The van der Waals surface area contributed by atoms with Crippen molar-refractivity contribution in [2.45, 2.75) is 10.6 Å². The summed E-state index contributed by atoms with van der Waals surface area (Å²) in [7, 11) is -3.61. The molecule has 2 heterocycles. The topological polar surface area (TPSA) is 78.0 Å². The number of hydrogen-bond acceptors (Lipinski definition) is 6. The van der Waals surface area contributed by atoms with Crippen LogP contribution in [0.4, 0.5) is 0 Å². The van der Waals surface area contributed by atoms with Crippen molar-refractivity contribution in [1.29, 1.82) is 0 Å². The lowest BCUT2D eigenvalue weighted by molar-refractivity contribution is 0.189. The third-order valence-corrected chi connectivity index (χ3v) is 9.42. The van der Waals surface area contributed by atoms with Crippen molar-refractivity contribution in [2.24, 2.45) is 0 Å². The summed E-state index contributed by atoms with van der Waals surface area (Å²) in [6.07, 6.45) is 0.536. The van der Waals surface area contributed by atoms with Gasteiger partial charge in [-0.2, -0.15) is 4.31 Å². The van der Waals surface area contributed by atoms with Crippen LogP contribution in [-0.4, -0.2) is 82.9 Å². The first-order chi connectivity index (χ1) is 11.1. The molecule has 0 spiro atoms. The van der Waals surface area contributed by atoms with E-state index in [0.29, 0.717) is 43.5 Å². The maximum absolute atomic E-state index is 12.5. The summed E-state index contributed by atoms with van der Waals surface area (Å²) in [4.78, 5) is 2.10. The first kappa shape index (κ1) is 20.1. The van der Waals surface area contributed by atoms with Crippen molar-refractivity contribution >= 4 is 43.0 Å². The van der Waals surface area contributed by atoms with Gasteiger partial charge in [0.15, 0.2) is 0 Å². The molecule has 0 unspecified atom stereocenters. The van der Waals surface area contributed by atoms with E-state index in [1.165, 1.54) is 28.8 Å². The van der Waals surface area contributed by atoms with Crippen LogP contribution in [0.2, 0.25) is 4.34 Å². The Bertz CT molecular complexity index is 753. The van der Waals surface area contributed by atoms with Crippen molar-refractivity contribution in [3.05, 3.63) is 16.5 Å². The van der Waals surface area contributed by atoms with Crippen molar-refractivity contribution in [1.82, 2.24) is 13.5 Å². The minimum Gasteiger partial charge on any atom is -0.301 e. The van der Waals surface area contributed by atoms with Crippen LogP contribution in [0.25, 0.3) is 0 Å². The summed E-state index contributed by atoms with van der Waals surface area (Å²) in [6, 6.07) is 3.11. The third-order valence-electron chi connectivity index (χ3n) is 3.91. The molecule has 11 heteroatoms. The fraction of sp³-hybridized carbons (Fsp3) is 0.692. The van der Waals surface area contributed by atoms with Crippen LogP contribution in [-0.2, 0) is 20.0 Å². The van der Waals surface area contributed by atoms with Gasteiger partial charge in [-0.25, -0.2) is 21.1 Å². The van der Waals surface area contributed by atoms with Crippen LogP contribution >= 0.6 is 22.9 Å². The van der Waals surface area contributed by atoms with Gasteiger partial charge in [0, 0.05) is 40.3 Å². The molecule has 138 valence electrons. The van der Waals surface area contributed by atoms with E-state index in [1.807, 2.05) is 0 Å². The molecule has 1 aliphatic rings. The number of sulfonamides is 2. The Morgan fingerprint density at radius 1 is 1.12 bits per heavy atom. The molecule has 0 atom stereocenters. The lowest BCUT2D eigenvalue weighted by Crippen LogP contribution is -2.48. The normalized spacial score (nSPS) is 18.3. The zero-order valence-electron chi connectivity index (χ0n) is 13.7. The van der Waals surface area contributed by atoms with E-state index < -0.39 is 20.0 Å². The maximum atomic E-state index is 12.5. The monoisotopic (exact) mass is 415 g/mol. The molecule has 0 aliphatic carbocycles. The molecule has 2 rings (SSSR count). The van der Waals surface area contributed by atoms with Crippen molar-refractivity contribution in [2.75, 3.05) is 52.6 Å². The van der Waals surface area contributed by atoms with Gasteiger partial charge in [0.2, 0.25) is 10.0 Å². The molecular weight excluding hydrogens is 394 g/mol. The van der Waals surface area contributed by atoms with Crippen LogP contribution in [0.5, 0.6) is 0 Å². The van der Waals surface area contributed by atoms with Gasteiger partial charge in [-0.05, 0) is 25.1 Å². The standard InChI is InChI=1S/C13H22ClN3O4S3/c1-15(2)23(18,19)11-3-6-16-7-9-17(10-8-16)24(20,21)13-5-4-12(14)22-13/h4-5H,3,6-11H2,1-2H3. The van der Waals surface area contributed by atoms with Crippen molar-refractivity contribution < 1.29 is 16.8 Å². The second-order valence-electron chi connectivity index (χ2n) is 5.76. The highest BCUT2D eigenvalue weighted by Gasteiger charge is 2.29. The highest BCUT2D eigenvalue weighted by molar-refractivity contribution is 7.91. The summed E-state index contributed by atoms with van der Waals surface area (Å²) < 4.78 is 51.9. The summed E-state index contributed by atoms with van der Waals surface area (Å²) >= 11 is 6.88. The van der Waals surface area contributed by atoms with Gasteiger partial charge in [-0.3, -0.25) is 0 Å². The Morgan fingerprint density at radius 3 is 2.25 bits per heavy atom. The molecule has 1 aromatic heterocycles. The molecule has 0 radical (unpaired) electrons. The number of halogens is 1. The molecule has 1 saturated heterocycles. The number of rotatable bonds is 7. The van der Waals surface area contributed by atoms with Crippen molar-refractivity contribution in [3.63, 3.8) is 0 Å². The van der Waals surface area contributed by atoms with Gasteiger partial charge in [-0.15, -0.1) is 11.3 Å². The Morgan fingerprint density at radius 2 is 1.75 bits per heavy atom. The minimum atomic E-state index is -3.48. The van der Waals surface area contributed by atoms with Crippen LogP contribution in [0, 0.1) is 0 Å². The Kier molecular flexibility index (Phi) is 6.68. The summed E-state index contributed by atoms with van der Waals surface area (Å²) in [5.74, 6) is 0.103. The second-order valence-corrected chi connectivity index (χ2v) is 11.9. The minimum absolute atomic E-state index is 0.103. The molecule has 0 N–H and O–H groups in total. The summed E-state index contributed by atoms with van der Waals surface area (Å²) in [5.41, 5.74) is 0. The molecule has 7 nitrogen and oxygen atoms in total. The fourth-order valence-corrected chi connectivity index (χ4v) is 6.33. The van der Waals surface area contributed by atoms with Crippen LogP contribution in [0.3, 0.4) is 0 Å². The number of hydrogen-bond donors (Lipinski definition) is 0. The summed E-state index contributed by atoms with van der Waals surface area (Å²) in [6.45, 7) is 2.64. The molecule has 1 aromatic rings. The van der Waals surface area contributed by atoms with E-state index in [-0.39, 0.29) is 9.96 Å². The Balaban J connectivity index is 1.83. The van der Waals surface area contributed by atoms with Gasteiger partial charge in [-0.1, -0.05) is 11.6 Å². The molecule has 0 bridgehead atoms. The van der Waals surface area contributed by atoms with E-state index in [1.54, 1.807) is 6.07 Å². The van der Waals surface area contributed by atoms with E-state index in [4.69, 9.17) is 11.6 Å². The van der Waals surface area contributed by atoms with E-state index in [2.05, 4.69) is 4.90 Å². The summed E-state index contributed by atoms with van der Waals surface area (Å²) in [5, 5.41) is 0. The lowest BCUT2D eigenvalue weighted by Gasteiger charge is -2.33. The molecular formula is C13H22ClN3O4S3. The number of thiophene rings is 1. The number of piperazine rings is 1.